The van der Waals surface area contributed by atoms with Gasteiger partial charge in [-0.2, -0.15) is 5.26 Å². The quantitative estimate of drug-likeness (QED) is 0.468. The molecular weight excluding hydrogens is 126 g/mol. The summed E-state index contributed by atoms with van der Waals surface area (Å²) in [5, 5.41) is 12.0. The molecule has 2 aliphatic heterocycles. The van der Waals surface area contributed by atoms with Gasteiger partial charge in [0, 0.05) is 19.1 Å². The summed E-state index contributed by atoms with van der Waals surface area (Å²) in [6.45, 7) is 3.06. The number of nitrogens with zero attached hydrogens (tertiary/aromatic N) is 2. The van der Waals surface area contributed by atoms with E-state index in [1.807, 2.05) is 4.90 Å². The van der Waals surface area contributed by atoms with Crippen molar-refractivity contribution >= 4 is 0 Å². The minimum atomic E-state index is 0.611. The van der Waals surface area contributed by atoms with Crippen LogP contribution in [-0.4, -0.2) is 30.6 Å². The van der Waals surface area contributed by atoms with Crippen LogP contribution in [0.25, 0.3) is 0 Å². The lowest BCUT2D eigenvalue weighted by molar-refractivity contribution is 0.442. The number of hydrogen-bond acceptors (Lipinski definition) is 3. The Morgan fingerprint density at radius 1 is 1.50 bits per heavy atom. The van der Waals surface area contributed by atoms with E-state index in [-0.39, 0.29) is 0 Å². The summed E-state index contributed by atoms with van der Waals surface area (Å²) in [6.07, 6.45) is 3.44. The van der Waals surface area contributed by atoms with Gasteiger partial charge in [0.25, 0.3) is 0 Å². The molecule has 2 atom stereocenters. The van der Waals surface area contributed by atoms with E-state index in [1.54, 1.807) is 0 Å². The average molecular weight is 137 g/mol. The molecule has 0 radical (unpaired) electrons. The molecule has 2 aliphatic rings. The average Bonchev–Trinajstić information content (AvgIpc) is 2.42. The van der Waals surface area contributed by atoms with E-state index in [4.69, 9.17) is 5.26 Å². The van der Waals surface area contributed by atoms with E-state index in [9.17, 15) is 0 Å². The lowest BCUT2D eigenvalue weighted by Gasteiger charge is -2.06. The highest BCUT2D eigenvalue weighted by atomic mass is 15.2. The van der Waals surface area contributed by atoms with Crippen LogP contribution < -0.4 is 5.32 Å². The van der Waals surface area contributed by atoms with E-state index in [0.29, 0.717) is 6.04 Å². The first-order chi connectivity index (χ1) is 4.90. The van der Waals surface area contributed by atoms with Gasteiger partial charge in [-0.05, 0) is 18.9 Å². The maximum atomic E-state index is 8.57. The second-order valence-electron chi connectivity index (χ2n) is 3.11. The summed E-state index contributed by atoms with van der Waals surface area (Å²) in [5.74, 6) is 0.750. The molecule has 3 nitrogen and oxygen atoms in total. The first kappa shape index (κ1) is 5.99. The summed E-state index contributed by atoms with van der Waals surface area (Å²) < 4.78 is 0. The number of fused-ring (bicyclic) bond motifs is 1. The van der Waals surface area contributed by atoms with Crippen molar-refractivity contribution in [2.24, 2.45) is 5.92 Å². The smallest absolute Gasteiger partial charge is 0.179 e. The molecule has 2 unspecified atom stereocenters. The lowest BCUT2D eigenvalue weighted by Crippen LogP contribution is -2.28. The number of nitrogens with one attached hydrogen (secondary N) is 1. The Balaban J connectivity index is 2.01. The maximum Gasteiger partial charge on any atom is 0.179 e. The second kappa shape index (κ2) is 2.14. The van der Waals surface area contributed by atoms with Gasteiger partial charge in [-0.15, -0.1) is 0 Å². The van der Waals surface area contributed by atoms with Crippen LogP contribution in [0.5, 0.6) is 0 Å². The molecule has 0 bridgehead atoms. The molecule has 2 rings (SSSR count). The number of likely N-dealkylation sites (tertiary alicyclic amines) is 1. The van der Waals surface area contributed by atoms with Crippen LogP contribution in [0.1, 0.15) is 6.42 Å². The van der Waals surface area contributed by atoms with Crippen molar-refractivity contribution < 1.29 is 0 Å². The van der Waals surface area contributed by atoms with Crippen molar-refractivity contribution in [3.05, 3.63) is 0 Å². The Morgan fingerprint density at radius 3 is 3.10 bits per heavy atom. The molecule has 2 fully saturated rings. The van der Waals surface area contributed by atoms with Crippen molar-refractivity contribution in [3.63, 3.8) is 0 Å². The van der Waals surface area contributed by atoms with Crippen molar-refractivity contribution in [2.45, 2.75) is 12.5 Å². The fourth-order valence-corrected chi connectivity index (χ4v) is 1.93. The van der Waals surface area contributed by atoms with E-state index in [0.717, 1.165) is 25.6 Å². The van der Waals surface area contributed by atoms with E-state index in [1.165, 1.54) is 6.42 Å². The standard InChI is InChI=1S/C7H11N3/c8-5-10-3-6-1-2-9-7(6)4-10/h6-7,9H,1-4H2. The zero-order valence-electron chi connectivity index (χ0n) is 5.88. The van der Waals surface area contributed by atoms with E-state index >= 15 is 0 Å². The van der Waals surface area contributed by atoms with Gasteiger partial charge in [0.1, 0.15) is 0 Å². The molecule has 10 heavy (non-hydrogen) atoms. The van der Waals surface area contributed by atoms with Gasteiger partial charge in [-0.1, -0.05) is 0 Å². The molecule has 0 spiro atoms. The molecule has 0 aliphatic carbocycles. The van der Waals surface area contributed by atoms with Gasteiger partial charge >= 0.3 is 0 Å². The van der Waals surface area contributed by atoms with Crippen LogP contribution in [0.15, 0.2) is 0 Å². The van der Waals surface area contributed by atoms with Crippen LogP contribution >= 0.6 is 0 Å². The SMILES string of the molecule is N#CN1CC2CCNC2C1. The molecule has 0 saturated carbocycles. The fourth-order valence-electron chi connectivity index (χ4n) is 1.93. The number of nitriles is 1. The van der Waals surface area contributed by atoms with Crippen molar-refractivity contribution in [1.82, 2.24) is 10.2 Å². The molecule has 3 heteroatoms. The molecular formula is C7H11N3. The zero-order valence-corrected chi connectivity index (χ0v) is 5.88. The summed E-state index contributed by atoms with van der Waals surface area (Å²) in [6, 6.07) is 0.611. The third kappa shape index (κ3) is 0.764. The van der Waals surface area contributed by atoms with Gasteiger partial charge in [-0.3, -0.25) is 0 Å². The Hall–Kier alpha value is -0.750. The molecule has 0 aromatic heterocycles. The summed E-state index contributed by atoms with van der Waals surface area (Å²) in [4.78, 5) is 1.85. The van der Waals surface area contributed by atoms with E-state index in [2.05, 4.69) is 11.5 Å². The second-order valence-corrected chi connectivity index (χ2v) is 3.11. The minimum absolute atomic E-state index is 0.611. The van der Waals surface area contributed by atoms with Crippen LogP contribution in [0, 0.1) is 17.4 Å². The highest BCUT2D eigenvalue weighted by Gasteiger charge is 2.35. The molecule has 0 amide bonds. The highest BCUT2D eigenvalue weighted by Crippen LogP contribution is 2.23. The predicted molar refractivity (Wildman–Crippen MR) is 37.1 cm³/mol. The Morgan fingerprint density at radius 2 is 2.40 bits per heavy atom. The lowest BCUT2D eigenvalue weighted by atomic mass is 10.1. The van der Waals surface area contributed by atoms with Gasteiger partial charge in [-0.25, -0.2) is 0 Å². The first-order valence-corrected chi connectivity index (χ1v) is 3.78. The Kier molecular flexibility index (Phi) is 1.28. The van der Waals surface area contributed by atoms with Gasteiger partial charge in [0.2, 0.25) is 0 Å². The predicted octanol–water partition coefficient (Wildman–Crippen LogP) is -0.239. The van der Waals surface area contributed by atoms with Crippen molar-refractivity contribution in [3.8, 4) is 6.19 Å². The normalized spacial score (nSPS) is 37.7. The molecule has 1 N–H and O–H groups in total. The number of hydrogen-bond donors (Lipinski definition) is 1. The summed E-state index contributed by atoms with van der Waals surface area (Å²) in [7, 11) is 0. The zero-order chi connectivity index (χ0) is 6.97. The number of rotatable bonds is 0. The maximum absolute atomic E-state index is 8.57. The first-order valence-electron chi connectivity index (χ1n) is 3.78. The van der Waals surface area contributed by atoms with Crippen LogP contribution in [0.3, 0.4) is 0 Å². The largest absolute Gasteiger partial charge is 0.312 e. The fraction of sp³-hybridized carbons (Fsp3) is 0.857. The van der Waals surface area contributed by atoms with Gasteiger partial charge < -0.3 is 10.2 Å². The third-order valence-corrected chi connectivity index (χ3v) is 2.50. The molecule has 54 valence electrons. The van der Waals surface area contributed by atoms with Crippen LogP contribution in [0.4, 0.5) is 0 Å². The molecule has 0 aromatic carbocycles. The van der Waals surface area contributed by atoms with Crippen LogP contribution in [-0.2, 0) is 0 Å². The highest BCUT2D eigenvalue weighted by molar-refractivity contribution is 4.97. The summed E-state index contributed by atoms with van der Waals surface area (Å²) in [5.41, 5.74) is 0. The third-order valence-electron chi connectivity index (χ3n) is 2.50. The molecule has 2 saturated heterocycles. The Bertz CT molecular complexity index is 160. The molecule has 0 aromatic rings. The minimum Gasteiger partial charge on any atom is -0.312 e. The van der Waals surface area contributed by atoms with Crippen molar-refractivity contribution in [2.75, 3.05) is 19.6 Å². The van der Waals surface area contributed by atoms with Crippen LogP contribution in [0.2, 0.25) is 0 Å². The monoisotopic (exact) mass is 137 g/mol. The topological polar surface area (TPSA) is 39.1 Å². The summed E-state index contributed by atoms with van der Waals surface area (Å²) >= 11 is 0. The Labute approximate surface area is 60.6 Å². The van der Waals surface area contributed by atoms with Gasteiger partial charge in [0.15, 0.2) is 6.19 Å². The van der Waals surface area contributed by atoms with Gasteiger partial charge in [0.05, 0.1) is 0 Å². The van der Waals surface area contributed by atoms with E-state index < -0.39 is 0 Å². The molecule has 2 heterocycles. The van der Waals surface area contributed by atoms with Crippen molar-refractivity contribution in [1.29, 1.82) is 5.26 Å².